The topological polar surface area (TPSA) is 61.9 Å². The Morgan fingerprint density at radius 2 is 1.89 bits per heavy atom. The van der Waals surface area contributed by atoms with E-state index in [0.717, 1.165) is 42.6 Å². The third-order valence-electron chi connectivity index (χ3n) is 4.64. The Morgan fingerprint density at radius 3 is 2.57 bits per heavy atom. The van der Waals surface area contributed by atoms with Gasteiger partial charge in [0.15, 0.2) is 0 Å². The molecular weight excluding hydrogens is 398 g/mol. The number of anilines is 1. The maximum Gasteiger partial charge on any atom is 0.340 e. The quantitative estimate of drug-likeness (QED) is 0.725. The highest BCUT2D eigenvalue weighted by Gasteiger charge is 2.21. The van der Waals surface area contributed by atoms with Crippen LogP contribution in [0, 0.1) is 6.92 Å². The first-order chi connectivity index (χ1) is 13.4. The number of rotatable bonds is 6. The van der Waals surface area contributed by atoms with Gasteiger partial charge in [0.05, 0.1) is 19.2 Å². The van der Waals surface area contributed by atoms with E-state index >= 15 is 0 Å². The number of ether oxygens (including phenoxy) is 1. The molecule has 0 aliphatic carbocycles. The number of nitrogens with zero attached hydrogens (tertiary/aromatic N) is 2. The second-order valence-electron chi connectivity index (χ2n) is 6.82. The molecule has 1 fully saturated rings. The first-order valence-electron chi connectivity index (χ1n) is 9.12. The Kier molecular flexibility index (Phi) is 7.07. The molecule has 1 aliphatic heterocycles. The van der Waals surface area contributed by atoms with Crippen LogP contribution in [0.2, 0.25) is 5.02 Å². The summed E-state index contributed by atoms with van der Waals surface area (Å²) in [5.41, 5.74) is 1.60. The summed E-state index contributed by atoms with van der Waals surface area (Å²) in [7, 11) is 1.34. The van der Waals surface area contributed by atoms with Crippen LogP contribution < -0.4 is 5.32 Å². The van der Waals surface area contributed by atoms with E-state index in [0.29, 0.717) is 17.1 Å². The van der Waals surface area contributed by atoms with Gasteiger partial charge in [-0.3, -0.25) is 14.6 Å². The normalized spacial score (nSPS) is 15.4. The molecule has 6 nitrogen and oxygen atoms in total. The van der Waals surface area contributed by atoms with Gasteiger partial charge < -0.3 is 10.1 Å². The van der Waals surface area contributed by atoms with Crippen molar-refractivity contribution in [2.24, 2.45) is 0 Å². The minimum atomic E-state index is -0.436. The van der Waals surface area contributed by atoms with Crippen LogP contribution in [-0.2, 0) is 16.1 Å². The molecule has 1 aliphatic rings. The molecule has 1 amide bonds. The van der Waals surface area contributed by atoms with Crippen LogP contribution in [-0.4, -0.2) is 61.5 Å². The summed E-state index contributed by atoms with van der Waals surface area (Å²) in [6, 6.07) is 9.65. The fraction of sp³-hybridized carbons (Fsp3) is 0.400. The Hall–Kier alpha value is -1.93. The van der Waals surface area contributed by atoms with Gasteiger partial charge in [-0.15, -0.1) is 11.3 Å². The number of nitrogens with one attached hydrogen (secondary N) is 1. The van der Waals surface area contributed by atoms with Crippen molar-refractivity contribution < 1.29 is 14.3 Å². The number of amides is 1. The smallest absolute Gasteiger partial charge is 0.340 e. The van der Waals surface area contributed by atoms with E-state index in [2.05, 4.69) is 21.2 Å². The van der Waals surface area contributed by atoms with Gasteiger partial charge in [-0.1, -0.05) is 23.7 Å². The summed E-state index contributed by atoms with van der Waals surface area (Å²) in [6.07, 6.45) is 0. The van der Waals surface area contributed by atoms with Crippen molar-refractivity contribution >= 4 is 39.8 Å². The summed E-state index contributed by atoms with van der Waals surface area (Å²) in [5.74, 6) is -0.551. The summed E-state index contributed by atoms with van der Waals surface area (Å²) in [6.45, 7) is 6.49. The molecule has 150 valence electrons. The predicted molar refractivity (Wildman–Crippen MR) is 112 cm³/mol. The number of carbonyl (C=O) groups excluding carboxylic acids is 2. The number of carbonyl (C=O) groups is 2. The van der Waals surface area contributed by atoms with Crippen LogP contribution in [0.4, 0.5) is 5.00 Å². The molecule has 0 atom stereocenters. The lowest BCUT2D eigenvalue weighted by atomic mass is 10.2. The second kappa shape index (κ2) is 9.52. The molecule has 1 saturated heterocycles. The number of thiophene rings is 1. The number of methoxy groups -OCH3 is 1. The molecule has 2 heterocycles. The number of halogens is 1. The standard InChI is InChI=1S/C20H24ClN3O3S/c1-14-10-17(20(26)27-2)19(28-14)22-18(25)13-24-8-6-23(7-9-24)12-15-4-3-5-16(21)11-15/h3-5,10-11H,6-9,12-13H2,1-2H3,(H,22,25). The SMILES string of the molecule is COC(=O)c1cc(C)sc1NC(=O)CN1CCN(Cc2cccc(Cl)c2)CC1. The van der Waals surface area contributed by atoms with Crippen LogP contribution in [0.15, 0.2) is 30.3 Å². The lowest BCUT2D eigenvalue weighted by Crippen LogP contribution is -2.48. The van der Waals surface area contributed by atoms with Crippen LogP contribution in [0.5, 0.6) is 0 Å². The van der Waals surface area contributed by atoms with Crippen LogP contribution in [0.1, 0.15) is 20.8 Å². The highest BCUT2D eigenvalue weighted by atomic mass is 35.5. The zero-order valence-corrected chi connectivity index (χ0v) is 17.6. The summed E-state index contributed by atoms with van der Waals surface area (Å²) in [4.78, 5) is 29.7. The highest BCUT2D eigenvalue weighted by molar-refractivity contribution is 7.16. The van der Waals surface area contributed by atoms with Crippen LogP contribution in [0.25, 0.3) is 0 Å². The van der Waals surface area contributed by atoms with Crippen molar-refractivity contribution in [2.75, 3.05) is 45.2 Å². The Balaban J connectivity index is 1.48. The van der Waals surface area contributed by atoms with Gasteiger partial charge in [0.2, 0.25) is 5.91 Å². The molecule has 3 rings (SSSR count). The molecular formula is C20H24ClN3O3S. The van der Waals surface area contributed by atoms with Gasteiger partial charge in [0, 0.05) is 42.6 Å². The molecule has 0 radical (unpaired) electrons. The number of esters is 1. The van der Waals surface area contributed by atoms with E-state index in [4.69, 9.17) is 16.3 Å². The number of aryl methyl sites for hydroxylation is 1. The number of hydrogen-bond donors (Lipinski definition) is 1. The van der Waals surface area contributed by atoms with E-state index in [9.17, 15) is 9.59 Å². The lowest BCUT2D eigenvalue weighted by molar-refractivity contribution is -0.117. The first-order valence-corrected chi connectivity index (χ1v) is 10.3. The first kappa shape index (κ1) is 20.8. The predicted octanol–water partition coefficient (Wildman–Crippen LogP) is 3.25. The molecule has 2 aromatic rings. The second-order valence-corrected chi connectivity index (χ2v) is 8.51. The van der Waals surface area contributed by atoms with E-state index in [1.54, 1.807) is 6.07 Å². The summed E-state index contributed by atoms with van der Waals surface area (Å²) >= 11 is 7.43. The minimum absolute atomic E-state index is 0.115. The molecule has 0 saturated carbocycles. The maximum absolute atomic E-state index is 12.4. The average Bonchev–Trinajstić information content (AvgIpc) is 3.02. The third-order valence-corrected chi connectivity index (χ3v) is 5.84. The van der Waals surface area contributed by atoms with Crippen molar-refractivity contribution in [1.82, 2.24) is 9.80 Å². The van der Waals surface area contributed by atoms with Gasteiger partial charge in [-0.05, 0) is 30.7 Å². The van der Waals surface area contributed by atoms with E-state index < -0.39 is 5.97 Å². The summed E-state index contributed by atoms with van der Waals surface area (Å²) < 4.78 is 4.78. The average molecular weight is 422 g/mol. The number of hydrogen-bond acceptors (Lipinski definition) is 6. The van der Waals surface area contributed by atoms with Gasteiger partial charge in [0.25, 0.3) is 0 Å². The van der Waals surface area contributed by atoms with E-state index in [-0.39, 0.29) is 5.91 Å². The van der Waals surface area contributed by atoms with Crippen LogP contribution in [0.3, 0.4) is 0 Å². The monoisotopic (exact) mass is 421 g/mol. The van der Waals surface area contributed by atoms with Crippen molar-refractivity contribution in [3.05, 3.63) is 51.4 Å². The number of piperazine rings is 1. The molecule has 1 aromatic heterocycles. The Morgan fingerprint density at radius 1 is 1.18 bits per heavy atom. The van der Waals surface area contributed by atoms with Gasteiger partial charge >= 0.3 is 5.97 Å². The van der Waals surface area contributed by atoms with Crippen molar-refractivity contribution in [3.63, 3.8) is 0 Å². The van der Waals surface area contributed by atoms with Crippen molar-refractivity contribution in [3.8, 4) is 0 Å². The molecule has 28 heavy (non-hydrogen) atoms. The summed E-state index contributed by atoms with van der Waals surface area (Å²) in [5, 5.41) is 4.16. The van der Waals surface area contributed by atoms with Crippen LogP contribution >= 0.6 is 22.9 Å². The highest BCUT2D eigenvalue weighted by Crippen LogP contribution is 2.28. The zero-order valence-electron chi connectivity index (χ0n) is 16.0. The van der Waals surface area contributed by atoms with Gasteiger partial charge in [0.1, 0.15) is 5.00 Å². The van der Waals surface area contributed by atoms with Gasteiger partial charge in [-0.2, -0.15) is 0 Å². The minimum Gasteiger partial charge on any atom is -0.465 e. The van der Waals surface area contributed by atoms with Gasteiger partial charge in [-0.25, -0.2) is 4.79 Å². The molecule has 1 aromatic carbocycles. The van der Waals surface area contributed by atoms with Crippen molar-refractivity contribution in [1.29, 1.82) is 0 Å². The maximum atomic E-state index is 12.4. The number of benzene rings is 1. The lowest BCUT2D eigenvalue weighted by Gasteiger charge is -2.34. The Bertz CT molecular complexity index is 847. The zero-order chi connectivity index (χ0) is 20.1. The molecule has 0 unspecified atom stereocenters. The molecule has 1 N–H and O–H groups in total. The van der Waals surface area contributed by atoms with Crippen molar-refractivity contribution in [2.45, 2.75) is 13.5 Å². The van der Waals surface area contributed by atoms with E-state index in [1.807, 2.05) is 25.1 Å². The molecule has 0 spiro atoms. The largest absolute Gasteiger partial charge is 0.465 e. The third kappa shape index (κ3) is 5.54. The fourth-order valence-corrected chi connectivity index (χ4v) is 4.37. The molecule has 8 heteroatoms. The fourth-order valence-electron chi connectivity index (χ4n) is 3.24. The Labute approximate surface area is 174 Å². The molecule has 0 bridgehead atoms. The van der Waals surface area contributed by atoms with E-state index in [1.165, 1.54) is 24.0 Å².